The molecule has 0 fully saturated rings. The Morgan fingerprint density at radius 3 is 2.30 bits per heavy atom. The van der Waals surface area contributed by atoms with E-state index in [1.807, 2.05) is 24.3 Å². The summed E-state index contributed by atoms with van der Waals surface area (Å²) in [7, 11) is 0. The van der Waals surface area contributed by atoms with Crippen molar-refractivity contribution in [2.45, 2.75) is 33.2 Å². The molecule has 0 aliphatic rings. The Kier molecular flexibility index (Phi) is 6.03. The van der Waals surface area contributed by atoms with Crippen LogP contribution in [0.5, 0.6) is 5.75 Å². The molecule has 1 N–H and O–H groups in total. The van der Waals surface area contributed by atoms with Gasteiger partial charge in [0, 0.05) is 6.04 Å². The van der Waals surface area contributed by atoms with Crippen LogP contribution in [0.15, 0.2) is 24.3 Å². The summed E-state index contributed by atoms with van der Waals surface area (Å²) in [6, 6.07) is 7.32. The highest BCUT2D eigenvalue weighted by Crippen LogP contribution is 2.12. The minimum atomic E-state index is -1.03. The lowest BCUT2D eigenvalue weighted by Gasteiger charge is -2.24. The van der Waals surface area contributed by atoms with Crippen molar-refractivity contribution >= 4 is 11.9 Å². The molecule has 1 aromatic rings. The van der Waals surface area contributed by atoms with E-state index in [4.69, 9.17) is 9.84 Å². The number of benzene rings is 1. The topological polar surface area (TPSA) is 66.8 Å². The van der Waals surface area contributed by atoms with Crippen molar-refractivity contribution in [3.63, 3.8) is 0 Å². The van der Waals surface area contributed by atoms with Gasteiger partial charge in [-0.1, -0.05) is 19.1 Å². The monoisotopic (exact) mass is 279 g/mol. The molecule has 1 amide bonds. The number of ether oxygens (including phenoxy) is 1. The zero-order valence-corrected chi connectivity index (χ0v) is 12.1. The maximum atomic E-state index is 12.0. The van der Waals surface area contributed by atoms with Crippen LogP contribution in [0, 0.1) is 0 Å². The number of hydrogen-bond acceptors (Lipinski definition) is 3. The fraction of sp³-hybridized carbons (Fsp3) is 0.467. The van der Waals surface area contributed by atoms with Gasteiger partial charge in [0.1, 0.15) is 12.3 Å². The summed E-state index contributed by atoms with van der Waals surface area (Å²) in [6.07, 6.45) is 0.943. The molecule has 0 heterocycles. The Morgan fingerprint density at radius 1 is 1.25 bits per heavy atom. The minimum absolute atomic E-state index is 0.156. The van der Waals surface area contributed by atoms with Gasteiger partial charge in [-0.2, -0.15) is 0 Å². The molecule has 0 saturated carbocycles. The van der Waals surface area contributed by atoms with Crippen LogP contribution in [0.25, 0.3) is 0 Å². The number of aryl methyl sites for hydroxylation is 1. The lowest BCUT2D eigenvalue weighted by Crippen LogP contribution is -2.43. The van der Waals surface area contributed by atoms with Crippen molar-refractivity contribution in [2.24, 2.45) is 0 Å². The smallest absolute Gasteiger partial charge is 0.323 e. The third-order valence-electron chi connectivity index (χ3n) is 2.94. The van der Waals surface area contributed by atoms with Crippen LogP contribution in [-0.2, 0) is 16.0 Å². The fourth-order valence-corrected chi connectivity index (χ4v) is 1.75. The van der Waals surface area contributed by atoms with Crippen LogP contribution >= 0.6 is 0 Å². The first-order valence-electron chi connectivity index (χ1n) is 6.67. The molecule has 110 valence electrons. The Bertz CT molecular complexity index is 453. The normalized spacial score (nSPS) is 10.4. The lowest BCUT2D eigenvalue weighted by atomic mass is 10.2. The van der Waals surface area contributed by atoms with E-state index >= 15 is 0 Å². The van der Waals surface area contributed by atoms with E-state index in [1.54, 1.807) is 13.8 Å². The second kappa shape index (κ2) is 7.53. The molecule has 0 atom stereocenters. The van der Waals surface area contributed by atoms with E-state index in [9.17, 15) is 9.59 Å². The minimum Gasteiger partial charge on any atom is -0.484 e. The third-order valence-corrected chi connectivity index (χ3v) is 2.94. The third kappa shape index (κ3) is 4.91. The summed E-state index contributed by atoms with van der Waals surface area (Å²) in [5, 5.41) is 8.79. The van der Waals surface area contributed by atoms with E-state index in [0.717, 1.165) is 6.42 Å². The van der Waals surface area contributed by atoms with Crippen molar-refractivity contribution < 1.29 is 19.4 Å². The molecule has 5 nitrogen and oxygen atoms in total. The zero-order chi connectivity index (χ0) is 15.1. The van der Waals surface area contributed by atoms with Crippen LogP contribution < -0.4 is 4.74 Å². The van der Waals surface area contributed by atoms with Crippen molar-refractivity contribution in [2.75, 3.05) is 13.2 Å². The van der Waals surface area contributed by atoms with Gasteiger partial charge in [0.25, 0.3) is 5.91 Å². The molecule has 0 aliphatic heterocycles. The van der Waals surface area contributed by atoms with Gasteiger partial charge in [-0.05, 0) is 38.0 Å². The summed E-state index contributed by atoms with van der Waals surface area (Å²) in [6.45, 7) is 5.14. The average molecular weight is 279 g/mol. The summed E-state index contributed by atoms with van der Waals surface area (Å²) in [4.78, 5) is 24.0. The van der Waals surface area contributed by atoms with E-state index in [-0.39, 0.29) is 25.1 Å². The molecular formula is C15H21NO4. The second-order valence-electron chi connectivity index (χ2n) is 4.80. The van der Waals surface area contributed by atoms with E-state index in [1.165, 1.54) is 10.5 Å². The van der Waals surface area contributed by atoms with Gasteiger partial charge < -0.3 is 14.7 Å². The molecule has 20 heavy (non-hydrogen) atoms. The quantitative estimate of drug-likeness (QED) is 0.828. The molecule has 0 bridgehead atoms. The predicted molar refractivity (Wildman–Crippen MR) is 75.8 cm³/mol. The zero-order valence-electron chi connectivity index (χ0n) is 12.1. The number of aliphatic carboxylic acids is 1. The number of rotatable bonds is 7. The molecule has 1 rings (SSSR count). The highest BCUT2D eigenvalue weighted by molar-refractivity contribution is 5.82. The first kappa shape index (κ1) is 16.0. The number of amides is 1. The van der Waals surface area contributed by atoms with E-state index in [0.29, 0.717) is 5.75 Å². The number of nitrogens with zero attached hydrogens (tertiary/aromatic N) is 1. The van der Waals surface area contributed by atoms with Crippen LogP contribution in [0.3, 0.4) is 0 Å². The van der Waals surface area contributed by atoms with E-state index < -0.39 is 5.97 Å². The van der Waals surface area contributed by atoms with Crippen LogP contribution in [-0.4, -0.2) is 41.1 Å². The molecule has 0 radical (unpaired) electrons. The SMILES string of the molecule is CCc1ccc(OCC(=O)N(CC(=O)O)C(C)C)cc1. The number of carboxylic acid groups (broad SMARTS) is 1. The van der Waals surface area contributed by atoms with Crippen molar-refractivity contribution in [1.29, 1.82) is 0 Å². The molecule has 0 unspecified atom stereocenters. The maximum Gasteiger partial charge on any atom is 0.323 e. The van der Waals surface area contributed by atoms with Crippen molar-refractivity contribution in [1.82, 2.24) is 4.90 Å². The number of carbonyl (C=O) groups excluding carboxylic acids is 1. The van der Waals surface area contributed by atoms with Gasteiger partial charge in [0.05, 0.1) is 0 Å². The van der Waals surface area contributed by atoms with Gasteiger partial charge in [0.15, 0.2) is 6.61 Å². The van der Waals surface area contributed by atoms with Crippen LogP contribution in [0.1, 0.15) is 26.3 Å². The standard InChI is InChI=1S/C15H21NO4/c1-4-12-5-7-13(8-6-12)20-10-14(17)16(11(2)3)9-15(18)19/h5-8,11H,4,9-10H2,1-3H3,(H,18,19). The van der Waals surface area contributed by atoms with Crippen molar-refractivity contribution in [3.05, 3.63) is 29.8 Å². The highest BCUT2D eigenvalue weighted by atomic mass is 16.5. The molecular weight excluding hydrogens is 258 g/mol. The van der Waals surface area contributed by atoms with Gasteiger partial charge in [-0.25, -0.2) is 0 Å². The maximum absolute atomic E-state index is 12.0. The molecule has 5 heteroatoms. The Labute approximate surface area is 119 Å². The predicted octanol–water partition coefficient (Wildman–Crippen LogP) is 1.95. The van der Waals surface area contributed by atoms with Gasteiger partial charge in [-0.3, -0.25) is 9.59 Å². The lowest BCUT2D eigenvalue weighted by molar-refractivity contribution is -0.146. The van der Waals surface area contributed by atoms with Gasteiger partial charge in [0.2, 0.25) is 0 Å². The molecule has 0 aromatic heterocycles. The number of carboxylic acids is 1. The average Bonchev–Trinajstić information content (AvgIpc) is 2.42. The number of carbonyl (C=O) groups is 2. The summed E-state index contributed by atoms with van der Waals surface area (Å²) >= 11 is 0. The van der Waals surface area contributed by atoms with Gasteiger partial charge >= 0.3 is 5.97 Å². The first-order chi connectivity index (χ1) is 9.43. The molecule has 0 saturated heterocycles. The van der Waals surface area contributed by atoms with Crippen molar-refractivity contribution in [3.8, 4) is 5.75 Å². The highest BCUT2D eigenvalue weighted by Gasteiger charge is 2.20. The van der Waals surface area contributed by atoms with E-state index in [2.05, 4.69) is 6.92 Å². The van der Waals surface area contributed by atoms with Crippen LogP contribution in [0.4, 0.5) is 0 Å². The largest absolute Gasteiger partial charge is 0.484 e. The molecule has 0 spiro atoms. The fourth-order valence-electron chi connectivity index (χ4n) is 1.75. The molecule has 1 aromatic carbocycles. The summed E-state index contributed by atoms with van der Waals surface area (Å²) in [5.41, 5.74) is 1.19. The summed E-state index contributed by atoms with van der Waals surface area (Å²) in [5.74, 6) is -0.754. The van der Waals surface area contributed by atoms with Crippen LogP contribution in [0.2, 0.25) is 0 Å². The summed E-state index contributed by atoms with van der Waals surface area (Å²) < 4.78 is 5.40. The number of hydrogen-bond donors (Lipinski definition) is 1. The Morgan fingerprint density at radius 2 is 1.85 bits per heavy atom. The Hall–Kier alpha value is -2.04. The second-order valence-corrected chi connectivity index (χ2v) is 4.80. The van der Waals surface area contributed by atoms with Gasteiger partial charge in [-0.15, -0.1) is 0 Å². The first-order valence-corrected chi connectivity index (χ1v) is 6.67. The molecule has 0 aliphatic carbocycles. The Balaban J connectivity index is 2.57.